The molecule has 0 aliphatic heterocycles. The van der Waals surface area contributed by atoms with E-state index in [4.69, 9.17) is 9.84 Å². The molecule has 1 aliphatic carbocycles. The fraction of sp³-hybridized carbons (Fsp3) is 0.214. The Hall–Kier alpha value is -2.10. The van der Waals surface area contributed by atoms with Gasteiger partial charge in [0.1, 0.15) is 5.76 Å². The molecule has 0 saturated heterocycles. The number of carbonyl (C=O) groups is 1. The first-order valence-electron chi connectivity index (χ1n) is 5.50. The average Bonchev–Trinajstić information content (AvgIpc) is 2.39. The summed E-state index contributed by atoms with van der Waals surface area (Å²) in [5, 5.41) is 8.97. The van der Waals surface area contributed by atoms with Crippen LogP contribution < -0.4 is 0 Å². The van der Waals surface area contributed by atoms with Gasteiger partial charge in [0.2, 0.25) is 5.67 Å². The van der Waals surface area contributed by atoms with Crippen molar-refractivity contribution < 1.29 is 19.0 Å². The summed E-state index contributed by atoms with van der Waals surface area (Å²) in [6, 6.07) is 9.11. The van der Waals surface area contributed by atoms with Crippen LogP contribution in [0.3, 0.4) is 0 Å². The fourth-order valence-corrected chi connectivity index (χ4v) is 1.91. The third kappa shape index (κ3) is 2.27. The first-order valence-corrected chi connectivity index (χ1v) is 5.50. The van der Waals surface area contributed by atoms with Gasteiger partial charge in [0.25, 0.3) is 0 Å². The molecule has 1 unspecified atom stereocenters. The summed E-state index contributed by atoms with van der Waals surface area (Å²) < 4.78 is 19.2. The maximum atomic E-state index is 14.3. The monoisotopic (exact) mass is 248 g/mol. The number of aliphatic carboxylic acids is 1. The van der Waals surface area contributed by atoms with Gasteiger partial charge in [0.15, 0.2) is 0 Å². The second-order valence-corrected chi connectivity index (χ2v) is 4.13. The summed E-state index contributed by atoms with van der Waals surface area (Å²) in [4.78, 5) is 11.0. The quantitative estimate of drug-likeness (QED) is 0.894. The van der Waals surface area contributed by atoms with Crippen LogP contribution in [0.2, 0.25) is 0 Å². The van der Waals surface area contributed by atoms with E-state index >= 15 is 0 Å². The van der Waals surface area contributed by atoms with E-state index in [1.165, 1.54) is 7.11 Å². The maximum Gasteiger partial charge on any atom is 0.346 e. The number of carboxylic acids is 1. The molecule has 1 aliphatic rings. The lowest BCUT2D eigenvalue weighted by Gasteiger charge is -2.24. The maximum absolute atomic E-state index is 14.3. The zero-order valence-corrected chi connectivity index (χ0v) is 9.89. The molecule has 0 radical (unpaired) electrons. The number of hydrogen-bond donors (Lipinski definition) is 1. The van der Waals surface area contributed by atoms with E-state index in [0.717, 1.165) is 11.6 Å². The van der Waals surface area contributed by atoms with Crippen LogP contribution >= 0.6 is 0 Å². The minimum atomic E-state index is -2.41. The van der Waals surface area contributed by atoms with E-state index < -0.39 is 11.6 Å². The summed E-state index contributed by atoms with van der Waals surface area (Å²) in [6.45, 7) is 0. The van der Waals surface area contributed by atoms with Crippen molar-refractivity contribution in [3.8, 4) is 0 Å². The standard InChI is InChI=1S/C14H13FO3/c1-18-12-7-11(10-5-3-2-4-6-10)8-14(15,9-12)13(16)17/h2-7,9H,8H2,1H3,(H,16,17). The number of benzene rings is 1. The van der Waals surface area contributed by atoms with Gasteiger partial charge in [0, 0.05) is 12.5 Å². The second-order valence-electron chi connectivity index (χ2n) is 4.13. The summed E-state index contributed by atoms with van der Waals surface area (Å²) >= 11 is 0. The Morgan fingerprint density at radius 1 is 1.39 bits per heavy atom. The highest BCUT2D eigenvalue weighted by Gasteiger charge is 2.40. The van der Waals surface area contributed by atoms with Crippen molar-refractivity contribution in [3.63, 3.8) is 0 Å². The van der Waals surface area contributed by atoms with Crippen LogP contribution in [0, 0.1) is 0 Å². The summed E-state index contributed by atoms with van der Waals surface area (Å²) in [5.74, 6) is -1.27. The number of ether oxygens (including phenoxy) is 1. The predicted molar refractivity (Wildman–Crippen MR) is 65.6 cm³/mol. The topological polar surface area (TPSA) is 46.5 Å². The largest absolute Gasteiger partial charge is 0.497 e. The van der Waals surface area contributed by atoms with Crippen molar-refractivity contribution in [2.24, 2.45) is 0 Å². The van der Waals surface area contributed by atoms with Crippen LogP contribution in [0.1, 0.15) is 12.0 Å². The van der Waals surface area contributed by atoms with Gasteiger partial charge < -0.3 is 9.84 Å². The highest BCUT2D eigenvalue weighted by atomic mass is 19.1. The van der Waals surface area contributed by atoms with Crippen LogP contribution in [0.25, 0.3) is 5.57 Å². The Morgan fingerprint density at radius 2 is 2.06 bits per heavy atom. The van der Waals surface area contributed by atoms with E-state index in [1.807, 2.05) is 30.3 Å². The molecule has 1 N–H and O–H groups in total. The zero-order chi connectivity index (χ0) is 13.2. The predicted octanol–water partition coefficient (Wildman–Crippen LogP) is 2.80. The molecule has 0 amide bonds. The van der Waals surface area contributed by atoms with E-state index in [2.05, 4.69) is 0 Å². The van der Waals surface area contributed by atoms with Crippen molar-refractivity contribution in [2.75, 3.05) is 7.11 Å². The van der Waals surface area contributed by atoms with Gasteiger partial charge in [-0.25, -0.2) is 9.18 Å². The smallest absolute Gasteiger partial charge is 0.346 e. The third-order valence-corrected chi connectivity index (χ3v) is 2.87. The van der Waals surface area contributed by atoms with Crippen LogP contribution in [0.5, 0.6) is 0 Å². The normalized spacial score (nSPS) is 23.0. The highest BCUT2D eigenvalue weighted by molar-refractivity contribution is 5.86. The lowest BCUT2D eigenvalue weighted by Crippen LogP contribution is -2.33. The molecule has 0 saturated carbocycles. The van der Waals surface area contributed by atoms with Gasteiger partial charge >= 0.3 is 5.97 Å². The molecule has 1 atom stereocenters. The number of hydrogen-bond acceptors (Lipinski definition) is 2. The van der Waals surface area contributed by atoms with Crippen molar-refractivity contribution in [2.45, 2.75) is 12.1 Å². The molecule has 0 fully saturated rings. The van der Waals surface area contributed by atoms with E-state index in [9.17, 15) is 9.18 Å². The Kier molecular flexibility index (Phi) is 3.19. The first kappa shape index (κ1) is 12.4. The molecule has 0 bridgehead atoms. The highest BCUT2D eigenvalue weighted by Crippen LogP contribution is 2.35. The Balaban J connectivity index is 2.42. The molecule has 18 heavy (non-hydrogen) atoms. The van der Waals surface area contributed by atoms with E-state index in [-0.39, 0.29) is 12.2 Å². The van der Waals surface area contributed by atoms with E-state index in [0.29, 0.717) is 5.57 Å². The molecule has 0 aromatic heterocycles. The van der Waals surface area contributed by atoms with Gasteiger partial charge in [-0.3, -0.25) is 0 Å². The molecule has 4 heteroatoms. The van der Waals surface area contributed by atoms with Crippen molar-refractivity contribution >= 4 is 11.5 Å². The van der Waals surface area contributed by atoms with Crippen LogP contribution in [0.4, 0.5) is 4.39 Å². The summed E-state index contributed by atoms with van der Waals surface area (Å²) in [6.07, 6.45) is 2.47. The Labute approximate surface area is 104 Å². The fourth-order valence-electron chi connectivity index (χ4n) is 1.91. The summed E-state index contributed by atoms with van der Waals surface area (Å²) in [5.41, 5.74) is -1.01. The van der Waals surface area contributed by atoms with Crippen molar-refractivity contribution in [3.05, 3.63) is 53.8 Å². The Bertz CT molecular complexity index is 519. The number of rotatable bonds is 3. The zero-order valence-electron chi connectivity index (χ0n) is 9.89. The average molecular weight is 248 g/mol. The molecular weight excluding hydrogens is 235 g/mol. The number of allylic oxidation sites excluding steroid dienone is 2. The Morgan fingerprint density at radius 3 is 2.61 bits per heavy atom. The number of methoxy groups -OCH3 is 1. The minimum absolute atomic E-state index is 0.195. The molecule has 94 valence electrons. The van der Waals surface area contributed by atoms with Crippen LogP contribution in [-0.4, -0.2) is 23.9 Å². The van der Waals surface area contributed by atoms with Crippen LogP contribution in [-0.2, 0) is 9.53 Å². The third-order valence-electron chi connectivity index (χ3n) is 2.87. The summed E-state index contributed by atoms with van der Waals surface area (Å²) in [7, 11) is 1.39. The van der Waals surface area contributed by atoms with Gasteiger partial charge in [-0.05, 0) is 17.2 Å². The SMILES string of the molecule is COC1=CC(F)(C(=O)O)CC(c2ccccc2)=C1. The molecular formula is C14H13FO3. The van der Waals surface area contributed by atoms with E-state index in [1.54, 1.807) is 6.08 Å². The van der Waals surface area contributed by atoms with Gasteiger partial charge in [0.05, 0.1) is 7.11 Å². The lowest BCUT2D eigenvalue weighted by atomic mass is 9.87. The van der Waals surface area contributed by atoms with Gasteiger partial charge in [-0.2, -0.15) is 0 Å². The molecule has 1 aromatic rings. The minimum Gasteiger partial charge on any atom is -0.497 e. The van der Waals surface area contributed by atoms with Crippen molar-refractivity contribution in [1.82, 2.24) is 0 Å². The number of carboxylic acid groups (broad SMARTS) is 1. The second kappa shape index (κ2) is 4.64. The molecule has 3 nitrogen and oxygen atoms in total. The molecule has 1 aromatic carbocycles. The van der Waals surface area contributed by atoms with Gasteiger partial charge in [-0.15, -0.1) is 0 Å². The molecule has 0 heterocycles. The first-order chi connectivity index (χ1) is 8.55. The molecule has 2 rings (SSSR count). The number of alkyl halides is 1. The van der Waals surface area contributed by atoms with Crippen molar-refractivity contribution in [1.29, 1.82) is 0 Å². The van der Waals surface area contributed by atoms with Gasteiger partial charge in [-0.1, -0.05) is 30.3 Å². The lowest BCUT2D eigenvalue weighted by molar-refractivity contribution is -0.147. The molecule has 0 spiro atoms. The number of halogens is 1. The van der Waals surface area contributed by atoms with Crippen LogP contribution in [0.15, 0.2) is 48.2 Å².